The first kappa shape index (κ1) is 16.5. The van der Waals surface area contributed by atoms with Gasteiger partial charge in [-0.1, -0.05) is 12.1 Å². The zero-order valence-corrected chi connectivity index (χ0v) is 13.6. The van der Waals surface area contributed by atoms with E-state index in [0.29, 0.717) is 20.9 Å². The molecule has 114 valence electrons. The van der Waals surface area contributed by atoms with Gasteiger partial charge < -0.3 is 10.2 Å². The number of phenols is 2. The lowest BCUT2D eigenvalue weighted by Crippen LogP contribution is -1.91. The van der Waals surface area contributed by atoms with E-state index in [1.165, 1.54) is 47.6 Å². The van der Waals surface area contributed by atoms with E-state index < -0.39 is 0 Å². The summed E-state index contributed by atoms with van der Waals surface area (Å²) in [5, 5.41) is 19.8. The third-order valence-corrected chi connectivity index (χ3v) is 5.41. The number of Topliss-reactive ketones (excluding diaryl/α,β-unsaturated/α-hetero) is 2. The number of carbonyl (C=O) groups is 2. The number of aromatic hydroxyl groups is 2. The maximum absolute atomic E-state index is 11.2. The van der Waals surface area contributed by atoms with Crippen molar-refractivity contribution in [3.63, 3.8) is 0 Å². The van der Waals surface area contributed by atoms with Crippen LogP contribution in [0.1, 0.15) is 34.6 Å². The van der Waals surface area contributed by atoms with Gasteiger partial charge in [-0.15, -0.1) is 0 Å². The Kier molecular flexibility index (Phi) is 5.15. The Balaban J connectivity index is 2.13. The monoisotopic (exact) mass is 334 g/mol. The Morgan fingerprint density at radius 1 is 0.773 bits per heavy atom. The van der Waals surface area contributed by atoms with E-state index in [-0.39, 0.29) is 23.1 Å². The molecule has 2 aromatic rings. The third kappa shape index (κ3) is 3.84. The molecular formula is C16H14O4S2. The molecule has 0 aliphatic carbocycles. The maximum atomic E-state index is 11.2. The fourth-order valence-corrected chi connectivity index (χ4v) is 3.80. The lowest BCUT2D eigenvalue weighted by atomic mass is 10.1. The van der Waals surface area contributed by atoms with Crippen LogP contribution in [0.5, 0.6) is 11.5 Å². The Morgan fingerprint density at radius 3 is 1.41 bits per heavy atom. The average molecular weight is 334 g/mol. The number of ketones is 2. The Labute approximate surface area is 136 Å². The first-order chi connectivity index (χ1) is 10.4. The van der Waals surface area contributed by atoms with Crippen LogP contribution in [-0.2, 0) is 0 Å². The molecule has 0 aliphatic heterocycles. The molecule has 0 unspecified atom stereocenters. The lowest BCUT2D eigenvalue weighted by molar-refractivity contribution is 0.100. The topological polar surface area (TPSA) is 74.6 Å². The van der Waals surface area contributed by atoms with Crippen LogP contribution in [0.15, 0.2) is 46.2 Å². The van der Waals surface area contributed by atoms with Crippen molar-refractivity contribution < 1.29 is 19.8 Å². The average Bonchev–Trinajstić information content (AvgIpc) is 2.46. The van der Waals surface area contributed by atoms with Gasteiger partial charge in [0.15, 0.2) is 11.6 Å². The van der Waals surface area contributed by atoms with Crippen molar-refractivity contribution >= 4 is 33.2 Å². The number of benzene rings is 2. The van der Waals surface area contributed by atoms with Crippen LogP contribution in [0.4, 0.5) is 0 Å². The highest BCUT2D eigenvalue weighted by Gasteiger charge is 2.10. The predicted octanol–water partition coefficient (Wildman–Crippen LogP) is 4.30. The minimum atomic E-state index is -0.114. The predicted molar refractivity (Wildman–Crippen MR) is 87.9 cm³/mol. The van der Waals surface area contributed by atoms with Gasteiger partial charge in [0.2, 0.25) is 0 Å². The smallest absolute Gasteiger partial charge is 0.159 e. The van der Waals surface area contributed by atoms with Gasteiger partial charge >= 0.3 is 0 Å². The van der Waals surface area contributed by atoms with E-state index >= 15 is 0 Å². The number of hydrogen-bond donors (Lipinski definition) is 2. The molecule has 4 nitrogen and oxygen atoms in total. The minimum Gasteiger partial charge on any atom is -0.507 e. The summed E-state index contributed by atoms with van der Waals surface area (Å²) in [6.07, 6.45) is 0. The van der Waals surface area contributed by atoms with E-state index in [0.717, 1.165) is 0 Å². The van der Waals surface area contributed by atoms with Crippen LogP contribution < -0.4 is 0 Å². The van der Waals surface area contributed by atoms with E-state index in [9.17, 15) is 19.8 Å². The highest BCUT2D eigenvalue weighted by atomic mass is 33.1. The molecule has 0 fully saturated rings. The van der Waals surface area contributed by atoms with Gasteiger partial charge in [-0.2, -0.15) is 0 Å². The van der Waals surface area contributed by atoms with Crippen LogP contribution in [0.25, 0.3) is 0 Å². The number of hydrogen-bond acceptors (Lipinski definition) is 6. The summed E-state index contributed by atoms with van der Waals surface area (Å²) in [6, 6.07) is 9.44. The van der Waals surface area contributed by atoms with Gasteiger partial charge in [-0.25, -0.2) is 0 Å². The van der Waals surface area contributed by atoms with E-state index in [1.807, 2.05) is 0 Å². The molecule has 22 heavy (non-hydrogen) atoms. The largest absolute Gasteiger partial charge is 0.507 e. The summed E-state index contributed by atoms with van der Waals surface area (Å²) in [4.78, 5) is 23.6. The molecule has 0 atom stereocenters. The molecule has 0 bridgehead atoms. The number of carbonyl (C=O) groups excluding carboxylic acids is 2. The van der Waals surface area contributed by atoms with Crippen LogP contribution in [0.3, 0.4) is 0 Å². The first-order valence-corrected chi connectivity index (χ1v) is 8.56. The standard InChI is InChI=1S/C16H14O4S2/c1-9(17)11-3-5-15(13(19)7-11)21-22-16-6-4-12(10(2)18)8-14(16)20/h3-8,19-20H,1-2H3. The molecule has 0 amide bonds. The normalized spacial score (nSPS) is 10.5. The molecule has 0 heterocycles. The van der Waals surface area contributed by atoms with Crippen molar-refractivity contribution in [1.82, 2.24) is 0 Å². The second-order valence-corrected chi connectivity index (χ2v) is 6.86. The van der Waals surface area contributed by atoms with E-state index in [2.05, 4.69) is 0 Å². The van der Waals surface area contributed by atoms with Crippen molar-refractivity contribution in [1.29, 1.82) is 0 Å². The second kappa shape index (κ2) is 6.89. The summed E-state index contributed by atoms with van der Waals surface area (Å²) >= 11 is 0. The SMILES string of the molecule is CC(=O)c1ccc(SSc2ccc(C(C)=O)cc2O)c(O)c1. The van der Waals surface area contributed by atoms with E-state index in [4.69, 9.17) is 0 Å². The van der Waals surface area contributed by atoms with Crippen LogP contribution >= 0.6 is 21.6 Å². The molecule has 2 N–H and O–H groups in total. The van der Waals surface area contributed by atoms with Crippen molar-refractivity contribution in [2.45, 2.75) is 23.6 Å². The zero-order chi connectivity index (χ0) is 16.3. The molecule has 0 saturated heterocycles. The van der Waals surface area contributed by atoms with Crippen molar-refractivity contribution in [2.24, 2.45) is 0 Å². The molecule has 6 heteroatoms. The first-order valence-electron chi connectivity index (χ1n) is 6.41. The van der Waals surface area contributed by atoms with Gasteiger partial charge in [0.1, 0.15) is 11.5 Å². The fraction of sp³-hybridized carbons (Fsp3) is 0.125. The highest BCUT2D eigenvalue weighted by molar-refractivity contribution is 8.76. The van der Waals surface area contributed by atoms with Gasteiger partial charge in [0.25, 0.3) is 0 Å². The second-order valence-electron chi connectivity index (χ2n) is 4.64. The third-order valence-electron chi connectivity index (χ3n) is 2.95. The molecule has 0 radical (unpaired) electrons. The summed E-state index contributed by atoms with van der Waals surface area (Å²) in [5.41, 5.74) is 0.890. The summed E-state index contributed by atoms with van der Waals surface area (Å²) < 4.78 is 0. The molecule has 2 rings (SSSR count). The summed E-state index contributed by atoms with van der Waals surface area (Å²) in [7, 11) is 2.52. The molecule has 0 spiro atoms. The molecular weight excluding hydrogens is 320 g/mol. The van der Waals surface area contributed by atoms with Gasteiger partial charge in [-0.05, 0) is 59.7 Å². The Hall–Kier alpha value is -1.92. The molecule has 0 aromatic heterocycles. The van der Waals surface area contributed by atoms with E-state index in [1.54, 1.807) is 24.3 Å². The quantitative estimate of drug-likeness (QED) is 0.627. The Bertz CT molecular complexity index is 677. The lowest BCUT2D eigenvalue weighted by Gasteiger charge is -2.07. The fourth-order valence-electron chi connectivity index (χ4n) is 1.70. The van der Waals surface area contributed by atoms with Gasteiger partial charge in [0, 0.05) is 11.1 Å². The molecule has 2 aromatic carbocycles. The van der Waals surface area contributed by atoms with Crippen molar-refractivity contribution in [3.8, 4) is 11.5 Å². The molecule has 0 aliphatic rings. The maximum Gasteiger partial charge on any atom is 0.159 e. The van der Waals surface area contributed by atoms with Gasteiger partial charge in [0.05, 0.1) is 9.79 Å². The van der Waals surface area contributed by atoms with Crippen LogP contribution in [-0.4, -0.2) is 21.8 Å². The minimum absolute atomic E-state index is 0.0186. The number of phenolic OH excluding ortho intramolecular Hbond substituents is 2. The van der Waals surface area contributed by atoms with Gasteiger partial charge in [-0.3, -0.25) is 9.59 Å². The Morgan fingerprint density at radius 2 is 1.14 bits per heavy atom. The summed E-state index contributed by atoms with van der Waals surface area (Å²) in [5.74, 6) is -0.191. The zero-order valence-electron chi connectivity index (χ0n) is 12.0. The van der Waals surface area contributed by atoms with Crippen molar-refractivity contribution in [3.05, 3.63) is 47.5 Å². The van der Waals surface area contributed by atoms with Crippen LogP contribution in [0, 0.1) is 0 Å². The molecule has 0 saturated carbocycles. The van der Waals surface area contributed by atoms with Crippen molar-refractivity contribution in [2.75, 3.05) is 0 Å². The summed E-state index contributed by atoms with van der Waals surface area (Å²) in [6.45, 7) is 2.87. The number of rotatable bonds is 5. The highest BCUT2D eigenvalue weighted by Crippen LogP contribution is 2.44. The van der Waals surface area contributed by atoms with Crippen LogP contribution in [0.2, 0.25) is 0 Å².